The molecule has 0 bridgehead atoms. The summed E-state index contributed by atoms with van der Waals surface area (Å²) < 4.78 is 5.64. The maximum atomic E-state index is 12.3. The molecule has 0 radical (unpaired) electrons. The van der Waals surface area contributed by atoms with Crippen LogP contribution in [0.2, 0.25) is 0 Å². The summed E-state index contributed by atoms with van der Waals surface area (Å²) in [6.07, 6.45) is 5.40. The molecule has 4 heterocycles. The number of likely N-dealkylation sites (N-methyl/N-ethyl adjacent to an activating group) is 2. The Morgan fingerprint density at radius 2 is 1.93 bits per heavy atom. The third-order valence-corrected chi connectivity index (χ3v) is 7.39. The van der Waals surface area contributed by atoms with Crippen LogP contribution in [-0.4, -0.2) is 78.6 Å². The first kappa shape index (κ1) is 28.3. The molecule has 5 rings (SSSR count). The van der Waals surface area contributed by atoms with Gasteiger partial charge in [0.2, 0.25) is 17.7 Å². The van der Waals surface area contributed by atoms with E-state index in [2.05, 4.69) is 58.0 Å². The Labute approximate surface area is 241 Å². The molecule has 0 saturated heterocycles. The molecule has 1 amide bonds. The summed E-state index contributed by atoms with van der Waals surface area (Å²) in [6, 6.07) is 8.01. The monoisotopic (exact) mass is 557 g/mol. The van der Waals surface area contributed by atoms with Crippen molar-refractivity contribution in [2.24, 2.45) is 0 Å². The van der Waals surface area contributed by atoms with Gasteiger partial charge in [0.05, 0.1) is 24.2 Å². The predicted octanol–water partition coefficient (Wildman–Crippen LogP) is 4.45. The van der Waals surface area contributed by atoms with Gasteiger partial charge in [0, 0.05) is 49.9 Å². The number of carbonyl (C=O) groups is 1. The van der Waals surface area contributed by atoms with Gasteiger partial charge in [-0.3, -0.25) is 9.78 Å². The maximum Gasteiger partial charge on any atom is 0.247 e. The number of hydrogen-bond donors (Lipinski definition) is 2. The van der Waals surface area contributed by atoms with E-state index in [0.29, 0.717) is 41.5 Å². The number of hydrogen-bond acceptors (Lipinski definition) is 10. The van der Waals surface area contributed by atoms with E-state index in [-0.39, 0.29) is 11.3 Å². The molecule has 1 aliphatic carbocycles. The number of pyridine rings is 2. The Hall–Kier alpha value is -4.25. The second-order valence-electron chi connectivity index (χ2n) is 11.5. The zero-order valence-electron chi connectivity index (χ0n) is 24.7. The Bertz CT molecular complexity index is 1450. The highest BCUT2D eigenvalue weighted by molar-refractivity contribution is 6.01. The maximum absolute atomic E-state index is 12.3. The first-order chi connectivity index (χ1) is 19.6. The van der Waals surface area contributed by atoms with Gasteiger partial charge in [-0.2, -0.15) is 9.97 Å². The van der Waals surface area contributed by atoms with Gasteiger partial charge in [-0.25, -0.2) is 4.98 Å². The number of aromatic nitrogens is 4. The van der Waals surface area contributed by atoms with E-state index in [1.165, 1.54) is 24.6 Å². The minimum Gasteiger partial charge on any atom is -0.479 e. The van der Waals surface area contributed by atoms with Crippen molar-refractivity contribution in [2.45, 2.75) is 38.0 Å². The number of nitrogens with zero attached hydrogens (tertiary/aromatic N) is 7. The first-order valence-electron chi connectivity index (χ1n) is 13.9. The number of amides is 1. The summed E-state index contributed by atoms with van der Waals surface area (Å²) in [6.45, 7) is 10.3. The summed E-state index contributed by atoms with van der Waals surface area (Å²) in [7, 11) is 7.50. The molecule has 2 N–H and O–H groups in total. The van der Waals surface area contributed by atoms with Crippen molar-refractivity contribution in [1.29, 1.82) is 0 Å². The highest BCUT2D eigenvalue weighted by Gasteiger charge is 2.39. The Morgan fingerprint density at radius 3 is 2.61 bits per heavy atom. The van der Waals surface area contributed by atoms with Crippen molar-refractivity contribution >= 4 is 40.6 Å². The van der Waals surface area contributed by atoms with Crippen molar-refractivity contribution in [3.8, 4) is 5.88 Å². The standard InChI is InChI=1S/C30H39N9O2/c1-8-25(40)32-21-17-22(28(41-7)36-27(21)38(6)16-15-37(4)5)34-29-31-14-13-24(35-29)39-18-30(2,3)26-23(39)12-11-20(33-26)19-9-10-19/h8,11-14,17,19H,1,9-10,15-16,18H2,2-7H3,(H,32,40)(H,31,34,35). The molecular weight excluding hydrogens is 518 g/mol. The SMILES string of the molecule is C=CC(=O)Nc1cc(Nc2nccc(N3CC(C)(C)c4nc(C5CC5)ccc43)n2)c(OC)nc1N(C)CCN(C)C. The number of rotatable bonds is 11. The van der Waals surface area contributed by atoms with Crippen LogP contribution in [0.15, 0.2) is 43.1 Å². The smallest absolute Gasteiger partial charge is 0.247 e. The van der Waals surface area contributed by atoms with Gasteiger partial charge in [-0.05, 0) is 57.3 Å². The third-order valence-electron chi connectivity index (χ3n) is 7.39. The zero-order valence-corrected chi connectivity index (χ0v) is 24.7. The van der Waals surface area contributed by atoms with Crippen molar-refractivity contribution in [3.63, 3.8) is 0 Å². The van der Waals surface area contributed by atoms with Gasteiger partial charge in [0.1, 0.15) is 11.5 Å². The van der Waals surface area contributed by atoms with Gasteiger partial charge < -0.3 is 30.1 Å². The van der Waals surface area contributed by atoms with Gasteiger partial charge in [-0.15, -0.1) is 0 Å². The molecule has 1 fully saturated rings. The summed E-state index contributed by atoms with van der Waals surface area (Å²) in [5, 5.41) is 6.13. The lowest BCUT2D eigenvalue weighted by Gasteiger charge is -2.24. The second kappa shape index (κ2) is 11.3. The van der Waals surface area contributed by atoms with Crippen LogP contribution in [0.1, 0.15) is 44.0 Å². The van der Waals surface area contributed by atoms with Crippen LogP contribution in [0.5, 0.6) is 5.88 Å². The van der Waals surface area contributed by atoms with Crippen LogP contribution < -0.4 is 25.2 Å². The molecule has 2 aliphatic rings. The highest BCUT2D eigenvalue weighted by atomic mass is 16.5. The lowest BCUT2D eigenvalue weighted by Crippen LogP contribution is -2.30. The van der Waals surface area contributed by atoms with E-state index < -0.39 is 0 Å². The van der Waals surface area contributed by atoms with E-state index in [1.807, 2.05) is 32.1 Å². The molecular formula is C30H39N9O2. The fraction of sp³-hybridized carbons (Fsp3) is 0.433. The fourth-order valence-corrected chi connectivity index (χ4v) is 4.98. The van der Waals surface area contributed by atoms with E-state index in [1.54, 1.807) is 19.4 Å². The number of ether oxygens (including phenoxy) is 1. The Morgan fingerprint density at radius 1 is 1.15 bits per heavy atom. The molecule has 0 spiro atoms. The number of carbonyl (C=O) groups excluding carboxylic acids is 1. The largest absolute Gasteiger partial charge is 0.479 e. The first-order valence-corrected chi connectivity index (χ1v) is 13.9. The Balaban J connectivity index is 1.45. The third kappa shape index (κ3) is 6.09. The van der Waals surface area contributed by atoms with Gasteiger partial charge >= 0.3 is 0 Å². The van der Waals surface area contributed by atoms with Gasteiger partial charge in [-0.1, -0.05) is 20.4 Å². The molecule has 1 aliphatic heterocycles. The lowest BCUT2D eigenvalue weighted by atomic mass is 9.91. The van der Waals surface area contributed by atoms with Crippen molar-refractivity contribution in [1.82, 2.24) is 24.8 Å². The predicted molar refractivity (Wildman–Crippen MR) is 163 cm³/mol. The molecule has 3 aromatic heterocycles. The van der Waals surface area contributed by atoms with Gasteiger partial charge in [0.15, 0.2) is 5.82 Å². The number of fused-ring (bicyclic) bond motifs is 1. The molecule has 11 heteroatoms. The molecule has 0 unspecified atom stereocenters. The van der Waals surface area contributed by atoms with Crippen LogP contribution in [0.25, 0.3) is 0 Å². The van der Waals surface area contributed by atoms with Crippen LogP contribution in [0, 0.1) is 0 Å². The molecule has 41 heavy (non-hydrogen) atoms. The van der Waals surface area contributed by atoms with Crippen molar-refractivity contribution in [3.05, 3.63) is 54.5 Å². The van der Waals surface area contributed by atoms with Crippen LogP contribution in [0.4, 0.5) is 34.6 Å². The van der Waals surface area contributed by atoms with Gasteiger partial charge in [0.25, 0.3) is 0 Å². The number of anilines is 6. The van der Waals surface area contributed by atoms with Crippen molar-refractivity contribution < 1.29 is 9.53 Å². The van der Waals surface area contributed by atoms with E-state index in [0.717, 1.165) is 30.3 Å². The summed E-state index contributed by atoms with van der Waals surface area (Å²) in [5.41, 5.74) is 4.30. The lowest BCUT2D eigenvalue weighted by molar-refractivity contribution is -0.111. The number of nitrogens with one attached hydrogen (secondary N) is 2. The Kier molecular flexibility index (Phi) is 7.81. The summed E-state index contributed by atoms with van der Waals surface area (Å²) >= 11 is 0. The quantitative estimate of drug-likeness (QED) is 0.328. The highest BCUT2D eigenvalue weighted by Crippen LogP contribution is 2.46. The number of methoxy groups -OCH3 is 1. The molecule has 0 aromatic carbocycles. The summed E-state index contributed by atoms with van der Waals surface area (Å²) in [5.74, 6) is 2.34. The summed E-state index contributed by atoms with van der Waals surface area (Å²) in [4.78, 5) is 37.6. The van der Waals surface area contributed by atoms with Crippen LogP contribution >= 0.6 is 0 Å². The average molecular weight is 558 g/mol. The minimum atomic E-state index is -0.336. The molecule has 3 aromatic rings. The van der Waals surface area contributed by atoms with Crippen LogP contribution in [-0.2, 0) is 10.2 Å². The van der Waals surface area contributed by atoms with Crippen LogP contribution in [0.3, 0.4) is 0 Å². The van der Waals surface area contributed by atoms with Crippen molar-refractivity contribution in [2.75, 3.05) is 68.3 Å². The second-order valence-corrected chi connectivity index (χ2v) is 11.5. The molecule has 0 atom stereocenters. The minimum absolute atomic E-state index is 0.112. The topological polar surface area (TPSA) is 112 Å². The normalized spacial score (nSPS) is 15.4. The average Bonchev–Trinajstić information content (AvgIpc) is 3.76. The van der Waals surface area contributed by atoms with E-state index in [4.69, 9.17) is 19.7 Å². The van der Waals surface area contributed by atoms with E-state index in [9.17, 15) is 4.79 Å². The van der Waals surface area contributed by atoms with E-state index >= 15 is 0 Å². The molecule has 216 valence electrons. The zero-order chi connectivity index (χ0) is 29.3. The fourth-order valence-electron chi connectivity index (χ4n) is 4.98. The molecule has 1 saturated carbocycles. The molecule has 11 nitrogen and oxygen atoms in total.